The fourth-order valence-corrected chi connectivity index (χ4v) is 4.39. The van der Waals surface area contributed by atoms with Crippen molar-refractivity contribution >= 4 is 46.4 Å². The number of fused-ring (bicyclic) bond motifs is 1. The van der Waals surface area contributed by atoms with Crippen LogP contribution in [0.25, 0.3) is 0 Å². The van der Waals surface area contributed by atoms with Crippen LogP contribution in [-0.2, 0) is 27.2 Å². The number of thiophene rings is 1. The molecule has 9 heteroatoms. The molecule has 1 aliphatic heterocycles. The van der Waals surface area contributed by atoms with Gasteiger partial charge in [-0.05, 0) is 61.7 Å². The molecule has 2 heterocycles. The van der Waals surface area contributed by atoms with Crippen molar-refractivity contribution in [2.45, 2.75) is 31.7 Å². The molecule has 7 nitrogen and oxygen atoms in total. The summed E-state index contributed by atoms with van der Waals surface area (Å²) >= 11 is 7.03. The van der Waals surface area contributed by atoms with E-state index in [9.17, 15) is 14.4 Å². The van der Waals surface area contributed by atoms with Crippen LogP contribution in [0, 0.1) is 0 Å². The number of nitrogens with one attached hydrogen (secondary N) is 2. The molecule has 2 aromatic rings. The molecule has 0 unspecified atom stereocenters. The molecule has 31 heavy (non-hydrogen) atoms. The third-order valence-corrected chi connectivity index (χ3v) is 6.51. The summed E-state index contributed by atoms with van der Waals surface area (Å²) in [7, 11) is 3.39. The molecule has 1 atom stereocenters. The summed E-state index contributed by atoms with van der Waals surface area (Å²) in [5.41, 5.74) is 3.17. The van der Waals surface area contributed by atoms with Crippen LogP contribution in [0.4, 0.5) is 5.69 Å². The lowest BCUT2D eigenvalue weighted by Gasteiger charge is -2.18. The van der Waals surface area contributed by atoms with E-state index < -0.39 is 17.9 Å². The summed E-state index contributed by atoms with van der Waals surface area (Å²) in [6, 6.07) is 8.24. The number of carbonyl (C=O) groups is 3. The van der Waals surface area contributed by atoms with Crippen LogP contribution in [0.1, 0.15) is 33.6 Å². The molecular weight excluding hydrogens is 438 g/mol. The van der Waals surface area contributed by atoms with Crippen LogP contribution < -0.4 is 10.6 Å². The van der Waals surface area contributed by atoms with Gasteiger partial charge in [0.05, 0.1) is 16.3 Å². The van der Waals surface area contributed by atoms with Crippen LogP contribution >= 0.6 is 22.9 Å². The number of benzene rings is 1. The Hall–Kier alpha value is -2.42. The van der Waals surface area contributed by atoms with Crippen molar-refractivity contribution in [1.82, 2.24) is 10.2 Å². The minimum atomic E-state index is -0.891. The summed E-state index contributed by atoms with van der Waals surface area (Å²) in [4.78, 5) is 39.8. The van der Waals surface area contributed by atoms with Gasteiger partial charge in [0.2, 0.25) is 5.91 Å². The molecule has 0 fully saturated rings. The average molecular weight is 464 g/mol. The van der Waals surface area contributed by atoms with Crippen LogP contribution in [-0.4, -0.2) is 56.0 Å². The summed E-state index contributed by atoms with van der Waals surface area (Å²) in [5, 5.41) is 5.60. The highest BCUT2D eigenvalue weighted by molar-refractivity contribution is 7.18. The second-order valence-corrected chi connectivity index (χ2v) is 9.24. The highest BCUT2D eigenvalue weighted by atomic mass is 35.5. The van der Waals surface area contributed by atoms with Gasteiger partial charge < -0.3 is 20.3 Å². The van der Waals surface area contributed by atoms with Gasteiger partial charge in [0, 0.05) is 25.2 Å². The Morgan fingerprint density at radius 2 is 1.90 bits per heavy atom. The molecule has 1 aromatic carbocycles. The summed E-state index contributed by atoms with van der Waals surface area (Å²) in [6.45, 7) is 1.97. The minimum Gasteiger partial charge on any atom is -0.469 e. The van der Waals surface area contributed by atoms with E-state index in [1.54, 1.807) is 12.1 Å². The maximum Gasteiger partial charge on any atom is 0.305 e. The molecule has 2 amide bonds. The first kappa shape index (κ1) is 23.2. The number of anilines is 1. The molecule has 3 rings (SSSR count). The number of likely N-dealkylation sites (N-methyl/N-ethyl adjacent to an activating group) is 1. The number of carbonyl (C=O) groups excluding carboxylic acids is 3. The Kier molecular flexibility index (Phi) is 8.06. The first-order valence-corrected chi connectivity index (χ1v) is 11.3. The van der Waals surface area contributed by atoms with Gasteiger partial charge in [-0.2, -0.15) is 0 Å². The second kappa shape index (κ2) is 10.7. The number of amides is 2. The predicted molar refractivity (Wildman–Crippen MR) is 122 cm³/mol. The molecule has 0 aliphatic carbocycles. The third kappa shape index (κ3) is 6.53. The van der Waals surface area contributed by atoms with E-state index in [1.807, 2.05) is 18.2 Å². The smallest absolute Gasteiger partial charge is 0.305 e. The Balaban J connectivity index is 1.71. The number of hydrogen-bond donors (Lipinski definition) is 2. The van der Waals surface area contributed by atoms with Crippen molar-refractivity contribution in [2.75, 3.05) is 32.6 Å². The van der Waals surface area contributed by atoms with Crippen LogP contribution in [0.3, 0.4) is 0 Å². The van der Waals surface area contributed by atoms with E-state index in [2.05, 4.69) is 27.3 Å². The first-order chi connectivity index (χ1) is 14.9. The molecular formula is C22H26ClN3O4S. The predicted octanol–water partition coefficient (Wildman–Crippen LogP) is 3.12. The van der Waals surface area contributed by atoms with Gasteiger partial charge in [0.15, 0.2) is 0 Å². The van der Waals surface area contributed by atoms with Crippen LogP contribution in [0.2, 0.25) is 4.34 Å². The Morgan fingerprint density at radius 3 is 2.58 bits per heavy atom. The fraction of sp³-hybridized carbons (Fsp3) is 0.409. The second-order valence-electron chi connectivity index (χ2n) is 7.52. The third-order valence-electron chi connectivity index (χ3n) is 5.28. The van der Waals surface area contributed by atoms with E-state index >= 15 is 0 Å². The molecule has 0 spiro atoms. The summed E-state index contributed by atoms with van der Waals surface area (Å²) in [5.74, 6) is -1.24. The lowest BCUT2D eigenvalue weighted by molar-refractivity contribution is -0.140. The zero-order chi connectivity index (χ0) is 22.4. The molecule has 2 N–H and O–H groups in total. The minimum absolute atomic E-state index is 0.0105. The van der Waals surface area contributed by atoms with Crippen molar-refractivity contribution in [2.24, 2.45) is 0 Å². The zero-order valence-corrected chi connectivity index (χ0v) is 19.1. The zero-order valence-electron chi connectivity index (χ0n) is 17.6. The number of ether oxygens (including phenoxy) is 1. The number of esters is 1. The maximum atomic E-state index is 13.0. The molecule has 0 bridgehead atoms. The lowest BCUT2D eigenvalue weighted by Crippen LogP contribution is -2.44. The van der Waals surface area contributed by atoms with Crippen molar-refractivity contribution in [1.29, 1.82) is 0 Å². The van der Waals surface area contributed by atoms with Gasteiger partial charge in [-0.1, -0.05) is 17.7 Å². The normalized spacial score (nSPS) is 14.8. The van der Waals surface area contributed by atoms with Gasteiger partial charge in [0.25, 0.3) is 5.91 Å². The SMILES string of the molecule is COC(=O)CC[C@@H](NC(=O)c1ccc(Cl)s1)C(=O)Nc1ccc2c(c1)CCN(C)CC2. The molecule has 1 aromatic heterocycles. The van der Waals surface area contributed by atoms with Gasteiger partial charge in [-0.15, -0.1) is 11.3 Å². The largest absolute Gasteiger partial charge is 0.469 e. The maximum absolute atomic E-state index is 13.0. The summed E-state index contributed by atoms with van der Waals surface area (Å²) in [6.07, 6.45) is 2.02. The first-order valence-electron chi connectivity index (χ1n) is 10.1. The topological polar surface area (TPSA) is 87.7 Å². The Morgan fingerprint density at radius 1 is 1.16 bits per heavy atom. The monoisotopic (exact) mass is 463 g/mol. The number of halogens is 1. The van der Waals surface area contributed by atoms with Crippen molar-refractivity contribution < 1.29 is 19.1 Å². The van der Waals surface area contributed by atoms with E-state index in [1.165, 1.54) is 18.2 Å². The summed E-state index contributed by atoms with van der Waals surface area (Å²) < 4.78 is 5.15. The number of hydrogen-bond acceptors (Lipinski definition) is 6. The van der Waals surface area contributed by atoms with Crippen LogP contribution in [0.15, 0.2) is 30.3 Å². The van der Waals surface area contributed by atoms with E-state index in [-0.39, 0.29) is 18.7 Å². The van der Waals surface area contributed by atoms with Gasteiger partial charge >= 0.3 is 5.97 Å². The van der Waals surface area contributed by atoms with Crippen LogP contribution in [0.5, 0.6) is 0 Å². The van der Waals surface area contributed by atoms with E-state index in [0.717, 1.165) is 37.3 Å². The van der Waals surface area contributed by atoms with Gasteiger partial charge in [0.1, 0.15) is 6.04 Å². The highest BCUT2D eigenvalue weighted by Gasteiger charge is 2.24. The Bertz CT molecular complexity index is 962. The van der Waals surface area contributed by atoms with Crippen molar-refractivity contribution in [3.8, 4) is 0 Å². The van der Waals surface area contributed by atoms with Crippen molar-refractivity contribution in [3.63, 3.8) is 0 Å². The van der Waals surface area contributed by atoms with E-state index in [0.29, 0.717) is 14.9 Å². The van der Waals surface area contributed by atoms with Gasteiger partial charge in [-0.25, -0.2) is 0 Å². The number of nitrogens with zero attached hydrogens (tertiary/aromatic N) is 1. The molecule has 166 valence electrons. The highest BCUT2D eigenvalue weighted by Crippen LogP contribution is 2.22. The fourth-order valence-electron chi connectivity index (χ4n) is 3.44. The Labute approximate surface area is 190 Å². The lowest BCUT2D eigenvalue weighted by atomic mass is 10.0. The number of methoxy groups -OCH3 is 1. The van der Waals surface area contributed by atoms with Crippen molar-refractivity contribution in [3.05, 3.63) is 50.7 Å². The molecule has 1 aliphatic rings. The van der Waals surface area contributed by atoms with E-state index in [4.69, 9.17) is 11.6 Å². The molecule has 0 radical (unpaired) electrons. The average Bonchev–Trinajstić information content (AvgIpc) is 3.11. The molecule has 0 saturated carbocycles. The molecule has 0 saturated heterocycles. The standard InChI is InChI=1S/C22H26ClN3O4S/c1-26-11-9-14-3-4-16(13-15(14)10-12-26)24-21(28)17(5-8-20(27)30-2)25-22(29)18-6-7-19(23)31-18/h3-4,6-7,13,17H,5,8-12H2,1-2H3,(H,24,28)(H,25,29)/t17-/m1/s1. The quantitative estimate of drug-likeness (QED) is 0.616. The van der Waals surface area contributed by atoms with Gasteiger partial charge in [-0.3, -0.25) is 14.4 Å². The number of rotatable bonds is 7.